The van der Waals surface area contributed by atoms with E-state index >= 15 is 0 Å². The second kappa shape index (κ2) is 12.8. The quantitative estimate of drug-likeness (QED) is 0.159. The van der Waals surface area contributed by atoms with Gasteiger partial charge in [-0.25, -0.2) is 0 Å². The second-order valence-electron chi connectivity index (χ2n) is 11.2. The monoisotopic (exact) mass is 590 g/mol. The van der Waals surface area contributed by atoms with Gasteiger partial charge in [0.15, 0.2) is 0 Å². The molecular formula is C41H36P2. The molecule has 6 aromatic rings. The highest BCUT2D eigenvalue weighted by atomic mass is 31.1. The first-order chi connectivity index (χ1) is 21.3. The number of hydrogen-bond donors (Lipinski definition) is 0. The lowest BCUT2D eigenvalue weighted by Crippen LogP contribution is -2.22. The number of rotatable bonds is 8. The summed E-state index contributed by atoms with van der Waals surface area (Å²) >= 11 is 0. The maximum absolute atomic E-state index is 2.58. The predicted octanol–water partition coefficient (Wildman–Crippen LogP) is 7.84. The summed E-state index contributed by atoms with van der Waals surface area (Å²) in [5.74, 6) is 0.427. The first-order valence-electron chi connectivity index (χ1n) is 15.4. The third kappa shape index (κ3) is 5.76. The molecule has 7 rings (SSSR count). The molecular weight excluding hydrogens is 554 g/mol. The minimum absolute atomic E-state index is 0.427. The van der Waals surface area contributed by atoms with Crippen molar-refractivity contribution in [3.05, 3.63) is 180 Å². The van der Waals surface area contributed by atoms with Crippen LogP contribution in [-0.4, -0.2) is 0 Å². The molecule has 0 aromatic heterocycles. The van der Waals surface area contributed by atoms with Gasteiger partial charge in [0.25, 0.3) is 0 Å². The lowest BCUT2D eigenvalue weighted by molar-refractivity contribution is 0.777. The van der Waals surface area contributed by atoms with Crippen LogP contribution >= 0.6 is 15.8 Å². The molecule has 0 saturated carbocycles. The number of benzene rings is 6. The van der Waals surface area contributed by atoms with E-state index in [1.165, 1.54) is 60.5 Å². The molecule has 43 heavy (non-hydrogen) atoms. The molecule has 0 amide bonds. The number of aryl methyl sites for hydroxylation is 2. The van der Waals surface area contributed by atoms with Crippen LogP contribution in [0.4, 0.5) is 0 Å². The highest BCUT2D eigenvalue weighted by Crippen LogP contribution is 2.43. The molecule has 0 bridgehead atoms. The van der Waals surface area contributed by atoms with Gasteiger partial charge in [-0.1, -0.05) is 153 Å². The average Bonchev–Trinajstić information content (AvgIpc) is 3.50. The summed E-state index contributed by atoms with van der Waals surface area (Å²) in [6, 6.07) is 59.2. The summed E-state index contributed by atoms with van der Waals surface area (Å²) in [5, 5.41) is 8.52. The molecule has 2 heteroatoms. The van der Waals surface area contributed by atoms with Gasteiger partial charge in [-0.05, 0) is 101 Å². The molecule has 1 atom stereocenters. The van der Waals surface area contributed by atoms with E-state index in [2.05, 4.69) is 165 Å². The van der Waals surface area contributed by atoms with Crippen LogP contribution in [0.25, 0.3) is 0 Å². The largest absolute Gasteiger partial charge is 0.0622 e. The molecule has 0 spiro atoms. The van der Waals surface area contributed by atoms with Gasteiger partial charge in [-0.2, -0.15) is 0 Å². The van der Waals surface area contributed by atoms with E-state index in [1.54, 1.807) is 0 Å². The number of hydrogen-bond acceptors (Lipinski definition) is 0. The molecule has 1 aliphatic carbocycles. The normalized spacial score (nSPS) is 14.3. The van der Waals surface area contributed by atoms with Gasteiger partial charge >= 0.3 is 0 Å². The zero-order valence-electron chi connectivity index (χ0n) is 24.6. The summed E-state index contributed by atoms with van der Waals surface area (Å²) < 4.78 is 0. The van der Waals surface area contributed by atoms with Gasteiger partial charge in [0, 0.05) is 5.92 Å². The first-order valence-corrected chi connectivity index (χ1v) is 18.0. The Morgan fingerprint density at radius 1 is 0.465 bits per heavy atom. The van der Waals surface area contributed by atoms with Crippen molar-refractivity contribution in [1.29, 1.82) is 0 Å². The van der Waals surface area contributed by atoms with Gasteiger partial charge < -0.3 is 0 Å². The summed E-state index contributed by atoms with van der Waals surface area (Å²) in [5.41, 5.74) is 6.06. The van der Waals surface area contributed by atoms with Gasteiger partial charge in [0.05, 0.1) is 0 Å². The third-order valence-corrected chi connectivity index (χ3v) is 13.5. The number of fused-ring (bicyclic) bond motifs is 1. The smallest absolute Gasteiger partial charge is 0.00984 e. The van der Waals surface area contributed by atoms with Crippen molar-refractivity contribution in [2.24, 2.45) is 0 Å². The summed E-state index contributed by atoms with van der Waals surface area (Å²) in [7, 11) is -1.26. The van der Waals surface area contributed by atoms with Crippen LogP contribution in [0.5, 0.6) is 0 Å². The topological polar surface area (TPSA) is 0 Å². The summed E-state index contributed by atoms with van der Waals surface area (Å²) in [6.45, 7) is 2.31. The van der Waals surface area contributed by atoms with Crippen LogP contribution in [-0.2, 0) is 12.8 Å². The zero-order chi connectivity index (χ0) is 29.0. The van der Waals surface area contributed by atoms with Crippen molar-refractivity contribution in [2.45, 2.75) is 32.1 Å². The van der Waals surface area contributed by atoms with E-state index < -0.39 is 15.8 Å². The van der Waals surface area contributed by atoms with Gasteiger partial charge in [0.1, 0.15) is 0 Å². The van der Waals surface area contributed by atoms with Crippen molar-refractivity contribution in [3.63, 3.8) is 0 Å². The molecule has 0 radical (unpaired) electrons. The fourth-order valence-corrected chi connectivity index (χ4v) is 11.3. The summed E-state index contributed by atoms with van der Waals surface area (Å²) in [6.07, 6.45) is 3.38. The van der Waals surface area contributed by atoms with Crippen molar-refractivity contribution < 1.29 is 0 Å². The van der Waals surface area contributed by atoms with Crippen LogP contribution in [0.1, 0.15) is 41.5 Å². The Labute approximate surface area is 259 Å². The molecule has 6 aromatic carbocycles. The minimum Gasteiger partial charge on any atom is -0.0622 e. The standard InChI is InChI=1S/C41H36P2/c1-2-31-23-26-37(42(33-15-7-3-8-16-33)34-17-9-4-10-18-34)29-40(31)39-28-25-32-24-27-38(30-41(32)39)43(35-19-11-5-12-20-35)36-21-13-6-14-22-36/h3-24,26-27,29-30,39H,2,25,28H2,1H3. The van der Waals surface area contributed by atoms with E-state index in [0.717, 1.165) is 12.8 Å². The maximum Gasteiger partial charge on any atom is 0.00984 e. The lowest BCUT2D eigenvalue weighted by Gasteiger charge is -2.24. The Hall–Kier alpha value is -3.82. The highest BCUT2D eigenvalue weighted by Gasteiger charge is 2.29. The molecule has 210 valence electrons. The molecule has 1 unspecified atom stereocenters. The van der Waals surface area contributed by atoms with E-state index in [9.17, 15) is 0 Å². The van der Waals surface area contributed by atoms with Crippen molar-refractivity contribution in [3.8, 4) is 0 Å². The van der Waals surface area contributed by atoms with Crippen molar-refractivity contribution in [2.75, 3.05) is 0 Å². The Balaban J connectivity index is 1.33. The van der Waals surface area contributed by atoms with Crippen LogP contribution < -0.4 is 31.8 Å². The van der Waals surface area contributed by atoms with E-state index in [-0.39, 0.29) is 0 Å². The highest BCUT2D eigenvalue weighted by molar-refractivity contribution is 7.80. The summed E-state index contributed by atoms with van der Waals surface area (Å²) in [4.78, 5) is 0. The zero-order valence-corrected chi connectivity index (χ0v) is 26.4. The fraction of sp³-hybridized carbons (Fsp3) is 0.122. The van der Waals surface area contributed by atoms with E-state index in [4.69, 9.17) is 0 Å². The van der Waals surface area contributed by atoms with Gasteiger partial charge in [-0.3, -0.25) is 0 Å². The van der Waals surface area contributed by atoms with Gasteiger partial charge in [-0.15, -0.1) is 0 Å². The second-order valence-corrected chi connectivity index (χ2v) is 15.7. The van der Waals surface area contributed by atoms with Crippen LogP contribution in [0.2, 0.25) is 0 Å². The van der Waals surface area contributed by atoms with Gasteiger partial charge in [0.2, 0.25) is 0 Å². The average molecular weight is 591 g/mol. The Morgan fingerprint density at radius 2 is 0.884 bits per heavy atom. The molecule has 0 fully saturated rings. The molecule has 0 aliphatic heterocycles. The van der Waals surface area contributed by atoms with Crippen LogP contribution in [0.15, 0.2) is 158 Å². The Morgan fingerprint density at radius 3 is 1.33 bits per heavy atom. The molecule has 0 heterocycles. The molecule has 1 aliphatic rings. The Kier molecular flexibility index (Phi) is 8.34. The molecule has 0 saturated heterocycles. The minimum atomic E-state index is -0.635. The van der Waals surface area contributed by atoms with Crippen LogP contribution in [0.3, 0.4) is 0 Å². The van der Waals surface area contributed by atoms with Crippen molar-refractivity contribution in [1.82, 2.24) is 0 Å². The van der Waals surface area contributed by atoms with Crippen LogP contribution in [0, 0.1) is 0 Å². The van der Waals surface area contributed by atoms with E-state index in [0.29, 0.717) is 5.92 Å². The predicted molar refractivity (Wildman–Crippen MR) is 190 cm³/mol. The fourth-order valence-electron chi connectivity index (χ4n) is 6.62. The van der Waals surface area contributed by atoms with Crippen molar-refractivity contribution >= 4 is 47.7 Å². The molecule has 0 N–H and O–H groups in total. The maximum atomic E-state index is 2.58. The van der Waals surface area contributed by atoms with E-state index in [1.807, 2.05) is 0 Å². The first kappa shape index (κ1) is 28.0. The molecule has 0 nitrogen and oxygen atoms in total. The third-order valence-electron chi connectivity index (χ3n) is 8.67. The Bertz CT molecular complexity index is 1720. The SMILES string of the molecule is CCc1ccc(P(c2ccccc2)c2ccccc2)cc1C1CCc2ccc(P(c3ccccc3)c3ccccc3)cc21. The lowest BCUT2D eigenvalue weighted by atomic mass is 9.88.